The predicted molar refractivity (Wildman–Crippen MR) is 64.7 cm³/mol. The zero-order valence-electron chi connectivity index (χ0n) is 10.3. The van der Waals surface area contributed by atoms with Gasteiger partial charge in [0.2, 0.25) is 0 Å². The maximum absolute atomic E-state index is 6.08. The van der Waals surface area contributed by atoms with E-state index in [-0.39, 0.29) is 0 Å². The van der Waals surface area contributed by atoms with E-state index in [2.05, 4.69) is 19.2 Å². The summed E-state index contributed by atoms with van der Waals surface area (Å²) in [6.45, 7) is 5.92. The molecule has 15 heavy (non-hydrogen) atoms. The van der Waals surface area contributed by atoms with Gasteiger partial charge in [-0.2, -0.15) is 0 Å². The van der Waals surface area contributed by atoms with Crippen molar-refractivity contribution in [3.63, 3.8) is 0 Å². The summed E-state index contributed by atoms with van der Waals surface area (Å²) < 4.78 is 0. The molecule has 2 heteroatoms. The third-order valence-electron chi connectivity index (χ3n) is 4.36. The Kier molecular flexibility index (Phi) is 3.36. The first kappa shape index (κ1) is 11.4. The predicted octanol–water partition coefficient (Wildman–Crippen LogP) is 2.28. The van der Waals surface area contributed by atoms with Crippen LogP contribution in [0.3, 0.4) is 0 Å². The Morgan fingerprint density at radius 2 is 2.07 bits per heavy atom. The average Bonchev–Trinajstić information content (AvgIpc) is 2.69. The van der Waals surface area contributed by atoms with E-state index in [0.29, 0.717) is 11.5 Å². The second-order valence-electron chi connectivity index (χ2n) is 6.37. The largest absolute Gasteiger partial charge is 0.327 e. The highest BCUT2D eigenvalue weighted by atomic mass is 14.9. The SMILES string of the molecule is CC1(C)CCC(NCC2CCCC2N)C1. The van der Waals surface area contributed by atoms with Gasteiger partial charge in [0.25, 0.3) is 0 Å². The zero-order valence-corrected chi connectivity index (χ0v) is 10.3. The second-order valence-corrected chi connectivity index (χ2v) is 6.37. The zero-order chi connectivity index (χ0) is 10.9. The van der Waals surface area contributed by atoms with E-state index in [1.54, 1.807) is 0 Å². The van der Waals surface area contributed by atoms with Crippen molar-refractivity contribution in [1.29, 1.82) is 0 Å². The molecule has 0 spiro atoms. The van der Waals surface area contributed by atoms with Gasteiger partial charge in [0.15, 0.2) is 0 Å². The van der Waals surface area contributed by atoms with Crippen LogP contribution in [0.25, 0.3) is 0 Å². The van der Waals surface area contributed by atoms with Gasteiger partial charge in [0, 0.05) is 12.1 Å². The fourth-order valence-corrected chi connectivity index (χ4v) is 3.25. The van der Waals surface area contributed by atoms with Gasteiger partial charge in [-0.25, -0.2) is 0 Å². The first-order valence-electron chi connectivity index (χ1n) is 6.56. The molecule has 0 aromatic rings. The van der Waals surface area contributed by atoms with E-state index in [1.807, 2.05) is 0 Å². The Morgan fingerprint density at radius 1 is 1.27 bits per heavy atom. The molecule has 0 aromatic heterocycles. The molecule has 2 nitrogen and oxygen atoms in total. The van der Waals surface area contributed by atoms with Crippen molar-refractivity contribution < 1.29 is 0 Å². The molecule has 2 rings (SSSR count). The lowest BCUT2D eigenvalue weighted by atomic mass is 9.92. The van der Waals surface area contributed by atoms with Crippen molar-refractivity contribution in [2.75, 3.05) is 6.54 Å². The minimum atomic E-state index is 0.465. The molecule has 3 unspecified atom stereocenters. The summed E-state index contributed by atoms with van der Waals surface area (Å²) in [7, 11) is 0. The lowest BCUT2D eigenvalue weighted by molar-refractivity contribution is 0.351. The molecule has 3 atom stereocenters. The smallest absolute Gasteiger partial charge is 0.00792 e. The molecule has 2 fully saturated rings. The Labute approximate surface area is 94.0 Å². The standard InChI is InChI=1S/C13H26N2/c1-13(2)7-6-11(8-13)15-9-10-4-3-5-12(10)14/h10-12,15H,3-9,14H2,1-2H3. The second kappa shape index (κ2) is 4.42. The highest BCUT2D eigenvalue weighted by molar-refractivity contribution is 4.88. The first-order valence-corrected chi connectivity index (χ1v) is 6.56. The lowest BCUT2D eigenvalue weighted by Gasteiger charge is -2.21. The van der Waals surface area contributed by atoms with Gasteiger partial charge in [-0.3, -0.25) is 0 Å². The van der Waals surface area contributed by atoms with Crippen LogP contribution in [0.15, 0.2) is 0 Å². The van der Waals surface area contributed by atoms with Gasteiger partial charge >= 0.3 is 0 Å². The number of hydrogen-bond acceptors (Lipinski definition) is 2. The highest BCUT2D eigenvalue weighted by Gasteiger charge is 2.31. The fourth-order valence-electron chi connectivity index (χ4n) is 3.25. The molecule has 0 bridgehead atoms. The van der Waals surface area contributed by atoms with E-state index in [1.165, 1.54) is 38.5 Å². The van der Waals surface area contributed by atoms with Crippen LogP contribution in [0.4, 0.5) is 0 Å². The molecule has 2 saturated carbocycles. The van der Waals surface area contributed by atoms with Crippen LogP contribution in [0.2, 0.25) is 0 Å². The maximum Gasteiger partial charge on any atom is 0.00792 e. The lowest BCUT2D eigenvalue weighted by Crippen LogP contribution is -2.37. The van der Waals surface area contributed by atoms with Crippen molar-refractivity contribution in [1.82, 2.24) is 5.32 Å². The minimum Gasteiger partial charge on any atom is -0.327 e. The third kappa shape index (κ3) is 2.94. The van der Waals surface area contributed by atoms with Crippen LogP contribution in [0.1, 0.15) is 52.4 Å². The van der Waals surface area contributed by atoms with Crippen LogP contribution >= 0.6 is 0 Å². The number of hydrogen-bond donors (Lipinski definition) is 2. The summed E-state index contributed by atoms with van der Waals surface area (Å²) in [5.41, 5.74) is 6.64. The monoisotopic (exact) mass is 210 g/mol. The van der Waals surface area contributed by atoms with Gasteiger partial charge in [-0.05, 0) is 50.0 Å². The highest BCUT2D eigenvalue weighted by Crippen LogP contribution is 2.37. The van der Waals surface area contributed by atoms with Crippen LogP contribution in [0, 0.1) is 11.3 Å². The number of rotatable bonds is 3. The molecule has 0 radical (unpaired) electrons. The normalized spacial score (nSPS) is 39.8. The van der Waals surface area contributed by atoms with Crippen LogP contribution in [-0.4, -0.2) is 18.6 Å². The molecule has 2 aliphatic rings. The third-order valence-corrected chi connectivity index (χ3v) is 4.36. The molecule has 0 aromatic carbocycles. The van der Waals surface area contributed by atoms with Gasteiger partial charge in [0.05, 0.1) is 0 Å². The van der Waals surface area contributed by atoms with Crippen molar-refractivity contribution in [2.45, 2.75) is 64.5 Å². The Morgan fingerprint density at radius 3 is 2.60 bits per heavy atom. The van der Waals surface area contributed by atoms with E-state index in [0.717, 1.165) is 18.5 Å². The Hall–Kier alpha value is -0.0800. The topological polar surface area (TPSA) is 38.0 Å². The van der Waals surface area contributed by atoms with Crippen molar-refractivity contribution in [3.05, 3.63) is 0 Å². The van der Waals surface area contributed by atoms with Crippen LogP contribution in [0.5, 0.6) is 0 Å². The molecule has 0 saturated heterocycles. The molecular weight excluding hydrogens is 184 g/mol. The average molecular weight is 210 g/mol. The summed E-state index contributed by atoms with van der Waals surface area (Å²) in [5, 5.41) is 3.73. The molecule has 0 amide bonds. The summed E-state index contributed by atoms with van der Waals surface area (Å²) in [4.78, 5) is 0. The van der Waals surface area contributed by atoms with Crippen LogP contribution in [-0.2, 0) is 0 Å². The fraction of sp³-hybridized carbons (Fsp3) is 1.00. The molecule has 2 aliphatic carbocycles. The summed E-state index contributed by atoms with van der Waals surface area (Å²) >= 11 is 0. The van der Waals surface area contributed by atoms with Crippen molar-refractivity contribution in [2.24, 2.45) is 17.1 Å². The Bertz CT molecular complexity index is 213. The van der Waals surface area contributed by atoms with E-state index in [4.69, 9.17) is 5.73 Å². The number of nitrogens with two attached hydrogens (primary N) is 1. The molecule has 0 aliphatic heterocycles. The summed E-state index contributed by atoms with van der Waals surface area (Å²) in [5.74, 6) is 0.744. The summed E-state index contributed by atoms with van der Waals surface area (Å²) in [6, 6.07) is 1.22. The molecule has 88 valence electrons. The Balaban J connectivity index is 1.70. The van der Waals surface area contributed by atoms with Gasteiger partial charge in [0.1, 0.15) is 0 Å². The van der Waals surface area contributed by atoms with E-state index in [9.17, 15) is 0 Å². The maximum atomic E-state index is 6.08. The van der Waals surface area contributed by atoms with Crippen molar-refractivity contribution >= 4 is 0 Å². The molecule has 3 N–H and O–H groups in total. The quantitative estimate of drug-likeness (QED) is 0.750. The summed E-state index contributed by atoms with van der Waals surface area (Å²) in [6.07, 6.45) is 7.99. The molecular formula is C13H26N2. The van der Waals surface area contributed by atoms with Gasteiger partial charge < -0.3 is 11.1 Å². The minimum absolute atomic E-state index is 0.465. The van der Waals surface area contributed by atoms with Gasteiger partial charge in [-0.15, -0.1) is 0 Å². The van der Waals surface area contributed by atoms with Crippen molar-refractivity contribution in [3.8, 4) is 0 Å². The van der Waals surface area contributed by atoms with Gasteiger partial charge in [-0.1, -0.05) is 20.3 Å². The van der Waals surface area contributed by atoms with Crippen LogP contribution < -0.4 is 11.1 Å². The molecule has 0 heterocycles. The first-order chi connectivity index (χ1) is 7.07. The van der Waals surface area contributed by atoms with E-state index < -0.39 is 0 Å². The van der Waals surface area contributed by atoms with E-state index >= 15 is 0 Å². The number of nitrogens with one attached hydrogen (secondary N) is 1.